The highest BCUT2D eigenvalue weighted by molar-refractivity contribution is 5.93. The lowest BCUT2D eigenvalue weighted by atomic mass is 10.0. The summed E-state index contributed by atoms with van der Waals surface area (Å²) in [5.74, 6) is 0.198. The van der Waals surface area contributed by atoms with E-state index in [1.54, 1.807) is 0 Å². The average molecular weight is 155 g/mol. The van der Waals surface area contributed by atoms with Crippen molar-refractivity contribution in [2.45, 2.75) is 33.7 Å². The molecule has 0 unspecified atom stereocenters. The Balaban J connectivity index is 3.94. The molecule has 0 saturated heterocycles. The van der Waals surface area contributed by atoms with E-state index in [2.05, 4.69) is 11.9 Å². The minimum absolute atomic E-state index is 0.0324. The molecule has 1 N–H and O–H groups in total. The maximum absolute atomic E-state index is 11.2. The van der Waals surface area contributed by atoms with Crippen LogP contribution in [0.1, 0.15) is 27.7 Å². The van der Waals surface area contributed by atoms with Crippen molar-refractivity contribution in [1.29, 1.82) is 0 Å². The van der Waals surface area contributed by atoms with Crippen LogP contribution >= 0.6 is 0 Å². The fourth-order valence-corrected chi connectivity index (χ4v) is 0.617. The van der Waals surface area contributed by atoms with Crippen LogP contribution in [0.15, 0.2) is 12.2 Å². The van der Waals surface area contributed by atoms with Gasteiger partial charge in [-0.25, -0.2) is 0 Å². The van der Waals surface area contributed by atoms with Gasteiger partial charge < -0.3 is 5.32 Å². The van der Waals surface area contributed by atoms with E-state index < -0.39 is 0 Å². The maximum atomic E-state index is 11.2. The molecule has 2 nitrogen and oxygen atoms in total. The largest absolute Gasteiger partial charge is 0.350 e. The van der Waals surface area contributed by atoms with E-state index in [0.29, 0.717) is 5.57 Å². The van der Waals surface area contributed by atoms with Gasteiger partial charge in [0, 0.05) is 11.6 Å². The van der Waals surface area contributed by atoms with Crippen LogP contribution in [0.3, 0.4) is 0 Å². The second-order valence-corrected chi connectivity index (χ2v) is 3.31. The fraction of sp³-hybridized carbons (Fsp3) is 0.667. The Labute approximate surface area is 68.7 Å². The lowest BCUT2D eigenvalue weighted by molar-refractivity contribution is -0.118. The monoisotopic (exact) mass is 155 g/mol. The van der Waals surface area contributed by atoms with Crippen molar-refractivity contribution in [2.24, 2.45) is 5.92 Å². The molecule has 0 atom stereocenters. The van der Waals surface area contributed by atoms with E-state index in [-0.39, 0.29) is 17.9 Å². The summed E-state index contributed by atoms with van der Waals surface area (Å²) in [5.41, 5.74) is 0.652. The van der Waals surface area contributed by atoms with Crippen molar-refractivity contribution >= 4 is 5.91 Å². The van der Waals surface area contributed by atoms with Crippen LogP contribution in [0.4, 0.5) is 0 Å². The van der Waals surface area contributed by atoms with Crippen molar-refractivity contribution in [3.8, 4) is 0 Å². The Hall–Kier alpha value is -0.790. The first-order valence-electron chi connectivity index (χ1n) is 3.94. The van der Waals surface area contributed by atoms with Gasteiger partial charge in [-0.15, -0.1) is 0 Å². The Kier molecular flexibility index (Phi) is 3.86. The highest BCUT2D eigenvalue weighted by atomic mass is 16.1. The lowest BCUT2D eigenvalue weighted by Gasteiger charge is -2.12. The van der Waals surface area contributed by atoms with Gasteiger partial charge in [-0.05, 0) is 19.8 Å². The molecule has 0 aromatic heterocycles. The predicted molar refractivity (Wildman–Crippen MR) is 47.3 cm³/mol. The minimum atomic E-state index is -0.0324. The van der Waals surface area contributed by atoms with Crippen molar-refractivity contribution in [2.75, 3.05) is 0 Å². The Morgan fingerprint density at radius 2 is 1.73 bits per heavy atom. The summed E-state index contributed by atoms with van der Waals surface area (Å²) in [5, 5.41) is 2.79. The first-order valence-corrected chi connectivity index (χ1v) is 3.94. The molecule has 0 heterocycles. The van der Waals surface area contributed by atoms with Crippen LogP contribution in [-0.4, -0.2) is 11.9 Å². The van der Waals surface area contributed by atoms with Gasteiger partial charge in [0.1, 0.15) is 0 Å². The molecular formula is C9H17NO. The summed E-state index contributed by atoms with van der Waals surface area (Å²) >= 11 is 0. The zero-order valence-corrected chi connectivity index (χ0v) is 7.77. The average Bonchev–Trinajstić information content (AvgIpc) is 1.84. The van der Waals surface area contributed by atoms with Gasteiger partial charge >= 0.3 is 0 Å². The second-order valence-electron chi connectivity index (χ2n) is 3.31. The molecule has 0 spiro atoms. The van der Waals surface area contributed by atoms with Crippen LogP contribution in [0.2, 0.25) is 0 Å². The van der Waals surface area contributed by atoms with E-state index in [1.165, 1.54) is 0 Å². The van der Waals surface area contributed by atoms with E-state index >= 15 is 0 Å². The van der Waals surface area contributed by atoms with Crippen LogP contribution in [0.25, 0.3) is 0 Å². The molecule has 0 aliphatic heterocycles. The Morgan fingerprint density at radius 1 is 1.27 bits per heavy atom. The number of hydrogen-bond acceptors (Lipinski definition) is 1. The summed E-state index contributed by atoms with van der Waals surface area (Å²) in [4.78, 5) is 11.2. The lowest BCUT2D eigenvalue weighted by Crippen LogP contribution is -2.32. The molecule has 11 heavy (non-hydrogen) atoms. The van der Waals surface area contributed by atoms with E-state index in [9.17, 15) is 4.79 Å². The van der Waals surface area contributed by atoms with Crippen molar-refractivity contribution in [1.82, 2.24) is 5.32 Å². The van der Waals surface area contributed by atoms with Crippen molar-refractivity contribution in [3.63, 3.8) is 0 Å². The van der Waals surface area contributed by atoms with Crippen LogP contribution in [0.5, 0.6) is 0 Å². The number of amides is 1. The molecule has 0 fully saturated rings. The normalized spacial score (nSPS) is 10.4. The van der Waals surface area contributed by atoms with Gasteiger partial charge in [0.15, 0.2) is 0 Å². The predicted octanol–water partition coefficient (Wildman–Crippen LogP) is 1.72. The molecule has 0 aliphatic carbocycles. The molecule has 64 valence electrons. The zero-order valence-electron chi connectivity index (χ0n) is 7.77. The van der Waals surface area contributed by atoms with Gasteiger partial charge in [-0.2, -0.15) is 0 Å². The third-order valence-corrected chi connectivity index (χ3v) is 1.41. The van der Waals surface area contributed by atoms with Crippen molar-refractivity contribution in [3.05, 3.63) is 12.2 Å². The Bertz CT molecular complexity index is 159. The van der Waals surface area contributed by atoms with E-state index in [4.69, 9.17) is 0 Å². The summed E-state index contributed by atoms with van der Waals surface area (Å²) in [6.45, 7) is 11.5. The number of rotatable bonds is 3. The zero-order chi connectivity index (χ0) is 9.02. The Morgan fingerprint density at radius 3 is 2.00 bits per heavy atom. The van der Waals surface area contributed by atoms with Gasteiger partial charge in [0.05, 0.1) is 0 Å². The SMILES string of the molecule is C=C(C(=O)NC(C)C)C(C)C. The maximum Gasteiger partial charge on any atom is 0.247 e. The molecule has 2 heteroatoms. The quantitative estimate of drug-likeness (QED) is 0.618. The fourth-order valence-electron chi connectivity index (χ4n) is 0.617. The third kappa shape index (κ3) is 3.81. The highest BCUT2D eigenvalue weighted by Crippen LogP contribution is 2.05. The molecule has 0 radical (unpaired) electrons. The molecular weight excluding hydrogens is 138 g/mol. The van der Waals surface area contributed by atoms with Crippen LogP contribution < -0.4 is 5.32 Å². The van der Waals surface area contributed by atoms with Crippen LogP contribution in [0, 0.1) is 5.92 Å². The summed E-state index contributed by atoms with van der Waals surface area (Å²) in [6, 6.07) is 0.193. The molecule has 0 aromatic rings. The molecule has 0 aromatic carbocycles. The highest BCUT2D eigenvalue weighted by Gasteiger charge is 2.10. The van der Waals surface area contributed by atoms with Gasteiger partial charge in [0.2, 0.25) is 5.91 Å². The van der Waals surface area contributed by atoms with E-state index in [0.717, 1.165) is 0 Å². The van der Waals surface area contributed by atoms with Gasteiger partial charge in [0.25, 0.3) is 0 Å². The number of carbonyl (C=O) groups excluding carboxylic acids is 1. The molecule has 0 aliphatic rings. The number of hydrogen-bond donors (Lipinski definition) is 1. The summed E-state index contributed by atoms with van der Waals surface area (Å²) < 4.78 is 0. The van der Waals surface area contributed by atoms with Gasteiger partial charge in [-0.1, -0.05) is 20.4 Å². The molecule has 0 bridgehead atoms. The minimum Gasteiger partial charge on any atom is -0.350 e. The summed E-state index contributed by atoms with van der Waals surface area (Å²) in [7, 11) is 0. The molecule has 1 amide bonds. The first-order chi connectivity index (χ1) is 4.95. The van der Waals surface area contributed by atoms with Crippen molar-refractivity contribution < 1.29 is 4.79 Å². The molecule has 0 saturated carbocycles. The number of nitrogens with one attached hydrogen (secondary N) is 1. The number of carbonyl (C=O) groups is 1. The third-order valence-electron chi connectivity index (χ3n) is 1.41. The standard InChI is InChI=1S/C9H17NO/c1-6(2)8(5)9(11)10-7(3)4/h6-7H,5H2,1-4H3,(H,10,11). The topological polar surface area (TPSA) is 29.1 Å². The van der Waals surface area contributed by atoms with E-state index in [1.807, 2.05) is 27.7 Å². The van der Waals surface area contributed by atoms with Crippen LogP contribution in [-0.2, 0) is 4.79 Å². The van der Waals surface area contributed by atoms with Gasteiger partial charge in [-0.3, -0.25) is 4.79 Å². The first kappa shape index (κ1) is 10.2. The smallest absolute Gasteiger partial charge is 0.247 e. The second kappa shape index (κ2) is 4.16. The molecule has 0 rings (SSSR count). The summed E-state index contributed by atoms with van der Waals surface area (Å²) in [6.07, 6.45) is 0.